The second kappa shape index (κ2) is 5.96. The van der Waals surface area contributed by atoms with Crippen LogP contribution in [0.1, 0.15) is 11.1 Å². The Hall–Kier alpha value is -2.70. The van der Waals surface area contributed by atoms with E-state index >= 15 is 0 Å². The van der Waals surface area contributed by atoms with Gasteiger partial charge in [0.05, 0.1) is 17.6 Å². The molecule has 0 amide bonds. The van der Waals surface area contributed by atoms with E-state index in [4.69, 9.17) is 4.74 Å². The summed E-state index contributed by atoms with van der Waals surface area (Å²) in [5.74, 6) is 1.07. The summed E-state index contributed by atoms with van der Waals surface area (Å²) in [5, 5.41) is 14.0. The SMILES string of the molecule is COc1ncnc(NCc2ccccc2[N+](=O)[O-])c1C. The van der Waals surface area contributed by atoms with Crippen LogP contribution in [-0.4, -0.2) is 22.0 Å². The van der Waals surface area contributed by atoms with Crippen molar-refractivity contribution in [2.75, 3.05) is 12.4 Å². The molecule has 0 atom stereocenters. The lowest BCUT2D eigenvalue weighted by Gasteiger charge is -2.10. The number of methoxy groups -OCH3 is 1. The molecule has 0 unspecified atom stereocenters. The van der Waals surface area contributed by atoms with Crippen molar-refractivity contribution in [1.29, 1.82) is 0 Å². The summed E-state index contributed by atoms with van der Waals surface area (Å²) in [4.78, 5) is 18.6. The number of anilines is 1. The molecular formula is C13H14N4O3. The lowest BCUT2D eigenvalue weighted by Crippen LogP contribution is -2.06. The van der Waals surface area contributed by atoms with Crippen molar-refractivity contribution in [1.82, 2.24) is 9.97 Å². The molecule has 1 heterocycles. The molecule has 0 bridgehead atoms. The number of hydrogen-bond donors (Lipinski definition) is 1. The van der Waals surface area contributed by atoms with Crippen molar-refractivity contribution in [2.24, 2.45) is 0 Å². The number of ether oxygens (including phenoxy) is 1. The summed E-state index contributed by atoms with van der Waals surface area (Å²) in [6, 6.07) is 6.58. The van der Waals surface area contributed by atoms with Gasteiger partial charge in [-0.15, -0.1) is 0 Å². The summed E-state index contributed by atoms with van der Waals surface area (Å²) >= 11 is 0. The number of para-hydroxylation sites is 1. The number of aromatic nitrogens is 2. The summed E-state index contributed by atoms with van der Waals surface area (Å²) in [7, 11) is 1.53. The molecule has 2 aromatic rings. The van der Waals surface area contributed by atoms with E-state index in [0.717, 1.165) is 5.56 Å². The number of hydrogen-bond acceptors (Lipinski definition) is 6. The fourth-order valence-corrected chi connectivity index (χ4v) is 1.84. The van der Waals surface area contributed by atoms with Gasteiger partial charge in [-0.2, -0.15) is 0 Å². The highest BCUT2D eigenvalue weighted by Crippen LogP contribution is 2.22. The molecule has 0 aliphatic carbocycles. The zero-order valence-corrected chi connectivity index (χ0v) is 11.2. The molecule has 1 N–H and O–H groups in total. The summed E-state index contributed by atoms with van der Waals surface area (Å²) < 4.78 is 5.10. The lowest BCUT2D eigenvalue weighted by atomic mass is 10.2. The molecule has 2 rings (SSSR count). The van der Waals surface area contributed by atoms with Crippen molar-refractivity contribution in [3.05, 3.63) is 51.8 Å². The maximum Gasteiger partial charge on any atom is 0.274 e. The van der Waals surface area contributed by atoms with E-state index in [1.54, 1.807) is 18.2 Å². The Balaban J connectivity index is 2.19. The summed E-state index contributed by atoms with van der Waals surface area (Å²) in [5.41, 5.74) is 1.43. The van der Waals surface area contributed by atoms with Gasteiger partial charge >= 0.3 is 0 Å². The van der Waals surface area contributed by atoms with E-state index in [0.29, 0.717) is 23.8 Å². The van der Waals surface area contributed by atoms with Crippen LogP contribution in [0.25, 0.3) is 0 Å². The number of benzene rings is 1. The minimum Gasteiger partial charge on any atom is -0.481 e. The highest BCUT2D eigenvalue weighted by atomic mass is 16.6. The number of nitrogens with zero attached hydrogens (tertiary/aromatic N) is 3. The minimum atomic E-state index is -0.398. The number of nitrogens with one attached hydrogen (secondary N) is 1. The Morgan fingerprint density at radius 1 is 1.35 bits per heavy atom. The van der Waals surface area contributed by atoms with Gasteiger partial charge in [0.2, 0.25) is 5.88 Å². The molecule has 7 heteroatoms. The molecule has 0 aliphatic heterocycles. The number of nitro groups is 1. The first-order valence-electron chi connectivity index (χ1n) is 5.95. The van der Waals surface area contributed by atoms with E-state index in [-0.39, 0.29) is 5.69 Å². The normalized spacial score (nSPS) is 10.1. The van der Waals surface area contributed by atoms with Crippen LogP contribution in [0.2, 0.25) is 0 Å². The highest BCUT2D eigenvalue weighted by molar-refractivity contribution is 5.49. The van der Waals surface area contributed by atoms with Crippen molar-refractivity contribution in [2.45, 2.75) is 13.5 Å². The number of rotatable bonds is 5. The van der Waals surface area contributed by atoms with Crippen molar-refractivity contribution < 1.29 is 9.66 Å². The second-order valence-electron chi connectivity index (χ2n) is 4.10. The van der Waals surface area contributed by atoms with E-state index < -0.39 is 4.92 Å². The van der Waals surface area contributed by atoms with Gasteiger partial charge in [-0.3, -0.25) is 10.1 Å². The minimum absolute atomic E-state index is 0.0821. The second-order valence-corrected chi connectivity index (χ2v) is 4.10. The van der Waals surface area contributed by atoms with Crippen LogP contribution in [0.5, 0.6) is 5.88 Å². The lowest BCUT2D eigenvalue weighted by molar-refractivity contribution is -0.385. The maximum atomic E-state index is 10.9. The quantitative estimate of drug-likeness (QED) is 0.664. The predicted molar refractivity (Wildman–Crippen MR) is 73.7 cm³/mol. The van der Waals surface area contributed by atoms with Gasteiger partial charge in [0.1, 0.15) is 12.1 Å². The first kappa shape index (κ1) is 13.7. The average molecular weight is 274 g/mol. The Labute approximate surface area is 115 Å². The summed E-state index contributed by atoms with van der Waals surface area (Å²) in [6.07, 6.45) is 1.38. The molecule has 20 heavy (non-hydrogen) atoms. The fraction of sp³-hybridized carbons (Fsp3) is 0.231. The first-order chi connectivity index (χ1) is 9.63. The third-order valence-electron chi connectivity index (χ3n) is 2.87. The van der Waals surface area contributed by atoms with Gasteiger partial charge in [0.15, 0.2) is 0 Å². The van der Waals surface area contributed by atoms with Gasteiger partial charge in [0, 0.05) is 18.2 Å². The topological polar surface area (TPSA) is 90.2 Å². The number of nitro benzene ring substituents is 1. The molecule has 1 aromatic heterocycles. The Kier molecular flexibility index (Phi) is 4.09. The van der Waals surface area contributed by atoms with Crippen molar-refractivity contribution >= 4 is 11.5 Å². The van der Waals surface area contributed by atoms with Gasteiger partial charge < -0.3 is 10.1 Å². The highest BCUT2D eigenvalue weighted by Gasteiger charge is 2.13. The maximum absolute atomic E-state index is 10.9. The fourth-order valence-electron chi connectivity index (χ4n) is 1.84. The molecule has 0 radical (unpaired) electrons. The molecule has 0 saturated carbocycles. The van der Waals surface area contributed by atoms with Crippen LogP contribution in [0.3, 0.4) is 0 Å². The Morgan fingerprint density at radius 2 is 2.10 bits per heavy atom. The van der Waals surface area contributed by atoms with Crippen LogP contribution >= 0.6 is 0 Å². The van der Waals surface area contributed by atoms with Gasteiger partial charge in [-0.25, -0.2) is 9.97 Å². The Bertz CT molecular complexity index is 631. The van der Waals surface area contributed by atoms with Gasteiger partial charge in [-0.05, 0) is 6.92 Å². The van der Waals surface area contributed by atoms with Crippen LogP contribution in [0.4, 0.5) is 11.5 Å². The third-order valence-corrected chi connectivity index (χ3v) is 2.87. The van der Waals surface area contributed by atoms with Crippen LogP contribution in [0, 0.1) is 17.0 Å². The molecule has 0 fully saturated rings. The van der Waals surface area contributed by atoms with E-state index in [1.165, 1.54) is 19.5 Å². The smallest absolute Gasteiger partial charge is 0.274 e. The third kappa shape index (κ3) is 2.82. The predicted octanol–water partition coefficient (Wildman–Crippen LogP) is 2.31. The zero-order chi connectivity index (χ0) is 14.5. The molecule has 104 valence electrons. The largest absolute Gasteiger partial charge is 0.481 e. The van der Waals surface area contributed by atoms with Crippen LogP contribution < -0.4 is 10.1 Å². The van der Waals surface area contributed by atoms with Gasteiger partial charge in [0.25, 0.3) is 5.69 Å². The standard InChI is InChI=1S/C13H14N4O3/c1-9-12(15-8-16-13(9)20-2)14-7-10-5-3-4-6-11(10)17(18)19/h3-6,8H,7H2,1-2H3,(H,14,15,16). The van der Waals surface area contributed by atoms with E-state index in [2.05, 4.69) is 15.3 Å². The molecule has 0 aliphatic rings. The van der Waals surface area contributed by atoms with Gasteiger partial charge in [-0.1, -0.05) is 18.2 Å². The van der Waals surface area contributed by atoms with Crippen LogP contribution in [0.15, 0.2) is 30.6 Å². The zero-order valence-electron chi connectivity index (χ0n) is 11.2. The van der Waals surface area contributed by atoms with E-state index in [1.807, 2.05) is 6.92 Å². The molecular weight excluding hydrogens is 260 g/mol. The molecule has 0 saturated heterocycles. The van der Waals surface area contributed by atoms with Crippen molar-refractivity contribution in [3.63, 3.8) is 0 Å². The average Bonchev–Trinajstić information content (AvgIpc) is 2.46. The molecule has 1 aromatic carbocycles. The van der Waals surface area contributed by atoms with E-state index in [9.17, 15) is 10.1 Å². The monoisotopic (exact) mass is 274 g/mol. The summed E-state index contributed by atoms with van der Waals surface area (Å²) in [6.45, 7) is 2.12. The van der Waals surface area contributed by atoms with Crippen molar-refractivity contribution in [3.8, 4) is 5.88 Å². The molecule has 7 nitrogen and oxygen atoms in total. The van der Waals surface area contributed by atoms with Crippen LogP contribution in [-0.2, 0) is 6.54 Å². The molecule has 0 spiro atoms. The first-order valence-corrected chi connectivity index (χ1v) is 5.95. The Morgan fingerprint density at radius 3 is 2.80 bits per heavy atom.